The fraction of sp³-hybridized carbons (Fsp3) is 0.360. The fourth-order valence-electron chi connectivity index (χ4n) is 2.82. The van der Waals surface area contributed by atoms with Gasteiger partial charge in [-0.3, -0.25) is 4.79 Å². The molecular formula is C25H29IO4. The molecule has 2 rings (SSSR count). The second kappa shape index (κ2) is 9.33. The van der Waals surface area contributed by atoms with E-state index in [1.165, 1.54) is 0 Å². The Morgan fingerprint density at radius 2 is 1.47 bits per heavy atom. The van der Waals surface area contributed by atoms with Crippen molar-refractivity contribution in [3.05, 3.63) is 68.3 Å². The number of rotatable bonds is 6. The summed E-state index contributed by atoms with van der Waals surface area (Å²) in [5.74, 6) is 0.181. The minimum absolute atomic E-state index is 0.0481. The van der Waals surface area contributed by atoms with Crippen molar-refractivity contribution >= 4 is 40.4 Å². The first-order chi connectivity index (χ1) is 13.8. The lowest BCUT2D eigenvalue weighted by molar-refractivity contribution is -0.171. The maximum absolute atomic E-state index is 12.5. The topological polar surface area (TPSA) is 52.6 Å². The number of benzene rings is 2. The molecule has 0 saturated carbocycles. The van der Waals surface area contributed by atoms with Crippen LogP contribution in [-0.4, -0.2) is 23.0 Å². The molecule has 0 spiro atoms. The van der Waals surface area contributed by atoms with Crippen LogP contribution in [0.25, 0.3) is 6.08 Å². The summed E-state index contributed by atoms with van der Waals surface area (Å²) < 4.78 is 12.6. The average Bonchev–Trinajstić information content (AvgIpc) is 2.62. The number of ether oxygens (including phenoxy) is 2. The van der Waals surface area contributed by atoms with Crippen LogP contribution in [0, 0.1) is 17.4 Å². The summed E-state index contributed by atoms with van der Waals surface area (Å²) in [6.07, 6.45) is 3.37. The van der Waals surface area contributed by atoms with Gasteiger partial charge in [-0.15, -0.1) is 0 Å². The first kappa shape index (κ1) is 24.1. The van der Waals surface area contributed by atoms with Crippen molar-refractivity contribution < 1.29 is 19.1 Å². The fourth-order valence-corrected chi connectivity index (χ4v) is 3.18. The number of carbonyl (C=O) groups excluding carboxylic acids is 2. The van der Waals surface area contributed by atoms with Crippen LogP contribution in [0.1, 0.15) is 61.7 Å². The molecular weight excluding hydrogens is 491 g/mol. The van der Waals surface area contributed by atoms with Crippen LogP contribution in [0.2, 0.25) is 0 Å². The van der Waals surface area contributed by atoms with Gasteiger partial charge in [-0.1, -0.05) is 18.2 Å². The first-order valence-electron chi connectivity index (χ1n) is 9.80. The number of allylic oxidation sites excluding steroid dienone is 1. The largest absolute Gasteiger partial charge is 0.476 e. The minimum Gasteiger partial charge on any atom is -0.476 e. The monoisotopic (exact) mass is 520 g/mol. The van der Waals surface area contributed by atoms with Crippen molar-refractivity contribution in [1.29, 1.82) is 0 Å². The first-order valence-corrected chi connectivity index (χ1v) is 10.9. The summed E-state index contributed by atoms with van der Waals surface area (Å²) >= 11 is 2.21. The van der Waals surface area contributed by atoms with Crippen LogP contribution in [-0.2, 0) is 9.53 Å². The smallest absolute Gasteiger partial charge is 0.350 e. The lowest BCUT2D eigenvalue weighted by atomic mass is 10.0. The number of esters is 1. The third-order valence-electron chi connectivity index (χ3n) is 4.29. The lowest BCUT2D eigenvalue weighted by Crippen LogP contribution is -2.43. The van der Waals surface area contributed by atoms with Crippen LogP contribution < -0.4 is 4.74 Å². The summed E-state index contributed by atoms with van der Waals surface area (Å²) in [7, 11) is 0. The van der Waals surface area contributed by atoms with E-state index in [9.17, 15) is 9.59 Å². The minimum atomic E-state index is -1.12. The van der Waals surface area contributed by atoms with E-state index in [1.807, 2.05) is 71.0 Å². The average molecular weight is 520 g/mol. The molecule has 160 valence electrons. The van der Waals surface area contributed by atoms with Gasteiger partial charge in [-0.25, -0.2) is 4.79 Å². The van der Waals surface area contributed by atoms with Crippen molar-refractivity contribution in [2.24, 2.45) is 0 Å². The summed E-state index contributed by atoms with van der Waals surface area (Å²) in [6, 6.07) is 11.3. The Morgan fingerprint density at radius 1 is 0.933 bits per heavy atom. The Balaban J connectivity index is 2.19. The summed E-state index contributed by atoms with van der Waals surface area (Å²) in [5.41, 5.74) is 1.60. The third kappa shape index (κ3) is 6.69. The molecule has 0 saturated heterocycles. The van der Waals surface area contributed by atoms with E-state index in [0.717, 1.165) is 20.3 Å². The van der Waals surface area contributed by atoms with Crippen LogP contribution >= 0.6 is 22.6 Å². The molecule has 2 aromatic rings. The van der Waals surface area contributed by atoms with Crippen LogP contribution in [0.3, 0.4) is 0 Å². The van der Waals surface area contributed by atoms with Crippen molar-refractivity contribution in [2.75, 3.05) is 0 Å². The van der Waals surface area contributed by atoms with Gasteiger partial charge in [-0.05, 0) is 118 Å². The Morgan fingerprint density at radius 3 is 1.97 bits per heavy atom. The molecule has 30 heavy (non-hydrogen) atoms. The highest BCUT2D eigenvalue weighted by molar-refractivity contribution is 14.1. The molecule has 0 atom stereocenters. The molecule has 0 bridgehead atoms. The zero-order valence-electron chi connectivity index (χ0n) is 18.6. The summed E-state index contributed by atoms with van der Waals surface area (Å²) in [6.45, 7) is 12.7. The van der Waals surface area contributed by atoms with Gasteiger partial charge in [0.25, 0.3) is 0 Å². The number of aryl methyl sites for hydroxylation is 2. The second-order valence-corrected chi connectivity index (χ2v) is 10.0. The van der Waals surface area contributed by atoms with Crippen LogP contribution in [0.4, 0.5) is 0 Å². The predicted molar refractivity (Wildman–Crippen MR) is 129 cm³/mol. The van der Waals surface area contributed by atoms with Gasteiger partial charge in [0, 0.05) is 9.13 Å². The zero-order chi connectivity index (χ0) is 22.7. The number of hydrogen-bond donors (Lipinski definition) is 0. The van der Waals surface area contributed by atoms with Crippen LogP contribution in [0.15, 0.2) is 42.5 Å². The summed E-state index contributed by atoms with van der Waals surface area (Å²) in [4.78, 5) is 24.9. The Kier molecular flexibility index (Phi) is 7.50. The summed E-state index contributed by atoms with van der Waals surface area (Å²) in [5, 5.41) is 0. The molecule has 0 aliphatic rings. The highest BCUT2D eigenvalue weighted by Gasteiger charge is 2.35. The SMILES string of the molecule is Cc1cc(/C=C/C(=O)c2ccc(I)cc2)cc(C)c1OC(C)(C)C(=O)OC(C)(C)C. The molecule has 0 amide bonds. The quantitative estimate of drug-likeness (QED) is 0.194. The molecule has 0 heterocycles. The maximum atomic E-state index is 12.5. The Bertz CT molecular complexity index is 941. The van der Waals surface area contributed by atoms with Crippen molar-refractivity contribution in [1.82, 2.24) is 0 Å². The maximum Gasteiger partial charge on any atom is 0.350 e. The van der Waals surface area contributed by atoms with E-state index in [2.05, 4.69) is 22.6 Å². The highest BCUT2D eigenvalue weighted by Crippen LogP contribution is 2.30. The molecule has 0 aliphatic heterocycles. The van der Waals surface area contributed by atoms with E-state index in [-0.39, 0.29) is 5.78 Å². The lowest BCUT2D eigenvalue weighted by Gasteiger charge is -2.30. The van der Waals surface area contributed by atoms with Crippen LogP contribution in [0.5, 0.6) is 5.75 Å². The Hall–Kier alpha value is -2.15. The normalized spacial score (nSPS) is 12.1. The van der Waals surface area contributed by atoms with Gasteiger partial charge >= 0.3 is 5.97 Å². The van der Waals surface area contributed by atoms with Gasteiger partial charge < -0.3 is 9.47 Å². The molecule has 4 nitrogen and oxygen atoms in total. The predicted octanol–water partition coefficient (Wildman–Crippen LogP) is 6.30. The molecule has 0 fully saturated rings. The van der Waals surface area contributed by atoms with Gasteiger partial charge in [0.2, 0.25) is 0 Å². The van der Waals surface area contributed by atoms with Crippen molar-refractivity contribution in [3.63, 3.8) is 0 Å². The van der Waals surface area contributed by atoms with E-state index in [0.29, 0.717) is 11.3 Å². The molecule has 0 unspecified atom stereocenters. The molecule has 2 aromatic carbocycles. The van der Waals surface area contributed by atoms with E-state index >= 15 is 0 Å². The molecule has 5 heteroatoms. The Labute approximate surface area is 192 Å². The highest BCUT2D eigenvalue weighted by atomic mass is 127. The third-order valence-corrected chi connectivity index (χ3v) is 5.01. The van der Waals surface area contributed by atoms with Gasteiger partial charge in [0.15, 0.2) is 11.4 Å². The number of halogens is 1. The molecule has 0 aliphatic carbocycles. The zero-order valence-corrected chi connectivity index (χ0v) is 20.8. The van der Waals surface area contributed by atoms with E-state index in [4.69, 9.17) is 9.47 Å². The molecule has 0 N–H and O–H groups in total. The number of ketones is 1. The van der Waals surface area contributed by atoms with E-state index < -0.39 is 17.2 Å². The second-order valence-electron chi connectivity index (χ2n) is 8.80. The van der Waals surface area contributed by atoms with Gasteiger partial charge in [-0.2, -0.15) is 0 Å². The number of hydrogen-bond acceptors (Lipinski definition) is 4. The van der Waals surface area contributed by atoms with Gasteiger partial charge in [0.05, 0.1) is 0 Å². The van der Waals surface area contributed by atoms with Gasteiger partial charge in [0.1, 0.15) is 11.4 Å². The van der Waals surface area contributed by atoms with Crippen molar-refractivity contribution in [2.45, 2.75) is 59.7 Å². The van der Waals surface area contributed by atoms with Crippen molar-refractivity contribution in [3.8, 4) is 5.75 Å². The molecule has 0 radical (unpaired) electrons. The number of carbonyl (C=O) groups is 2. The van der Waals surface area contributed by atoms with E-state index in [1.54, 1.807) is 26.0 Å². The standard InChI is InChI=1S/C25H29IO4/c1-16-14-18(8-13-21(27)19-9-11-20(26)12-10-19)15-17(2)22(16)29-25(6,7)23(28)30-24(3,4)5/h8-15H,1-7H3/b13-8+. The molecule has 0 aromatic heterocycles.